The van der Waals surface area contributed by atoms with E-state index in [1.54, 1.807) is 6.08 Å². The molecule has 10 heavy (non-hydrogen) atoms. The highest BCUT2D eigenvalue weighted by atomic mass is 32.2. The third kappa shape index (κ3) is 4.45. The monoisotopic (exact) mass is 154 g/mol. The van der Waals surface area contributed by atoms with Crippen LogP contribution in [-0.4, -0.2) is 5.75 Å². The van der Waals surface area contributed by atoms with Crippen LogP contribution in [-0.2, 0) is 0 Å². The number of allylic oxidation sites excluding steroid dienone is 4. The van der Waals surface area contributed by atoms with Crippen molar-refractivity contribution in [3.8, 4) is 0 Å². The molecule has 0 saturated heterocycles. The van der Waals surface area contributed by atoms with Gasteiger partial charge in [-0.2, -0.15) is 0 Å². The van der Waals surface area contributed by atoms with Gasteiger partial charge in [0.15, 0.2) is 0 Å². The van der Waals surface area contributed by atoms with Crippen LogP contribution in [0.4, 0.5) is 0 Å². The van der Waals surface area contributed by atoms with Gasteiger partial charge < -0.3 is 0 Å². The Kier molecular flexibility index (Phi) is 6.40. The largest absolute Gasteiger partial charge is 0.127 e. The third-order valence-corrected chi connectivity index (χ3v) is 1.99. The van der Waals surface area contributed by atoms with Gasteiger partial charge in [-0.1, -0.05) is 31.7 Å². The van der Waals surface area contributed by atoms with Crippen LogP contribution in [0.3, 0.4) is 0 Å². The van der Waals surface area contributed by atoms with Crippen molar-refractivity contribution in [2.45, 2.75) is 13.8 Å². The lowest BCUT2D eigenvalue weighted by Crippen LogP contribution is -1.70. The van der Waals surface area contributed by atoms with Crippen LogP contribution in [0, 0.1) is 0 Å². The zero-order valence-corrected chi connectivity index (χ0v) is 7.45. The number of hydrogen-bond donors (Lipinski definition) is 0. The van der Waals surface area contributed by atoms with Gasteiger partial charge in [-0.3, -0.25) is 0 Å². The Hall–Kier alpha value is -0.430. The van der Waals surface area contributed by atoms with E-state index in [-0.39, 0.29) is 0 Å². The Morgan fingerprint density at radius 2 is 2.30 bits per heavy atom. The van der Waals surface area contributed by atoms with E-state index in [2.05, 4.69) is 25.7 Å². The minimum Gasteiger partial charge on any atom is -0.127 e. The highest BCUT2D eigenvalue weighted by Gasteiger charge is 1.85. The molecule has 0 rings (SSSR count). The Labute approximate surface area is 67.7 Å². The van der Waals surface area contributed by atoms with Crippen LogP contribution in [0.2, 0.25) is 0 Å². The fraction of sp³-hybridized carbons (Fsp3) is 0.333. The number of hydrogen-bond acceptors (Lipinski definition) is 1. The molecule has 0 nitrogen and oxygen atoms in total. The molecule has 56 valence electrons. The fourth-order valence-corrected chi connectivity index (χ4v) is 1.23. The molecule has 0 saturated carbocycles. The second-order valence-electron chi connectivity index (χ2n) is 1.72. The van der Waals surface area contributed by atoms with Crippen molar-refractivity contribution in [1.29, 1.82) is 0 Å². The molecule has 1 heteroatoms. The van der Waals surface area contributed by atoms with Gasteiger partial charge in [-0.15, -0.1) is 11.8 Å². The predicted molar refractivity (Wildman–Crippen MR) is 51.2 cm³/mol. The summed E-state index contributed by atoms with van der Waals surface area (Å²) in [6, 6.07) is 0. The van der Waals surface area contributed by atoms with Gasteiger partial charge >= 0.3 is 0 Å². The number of thioether (sulfide) groups is 1. The van der Waals surface area contributed by atoms with Crippen LogP contribution in [0.1, 0.15) is 13.8 Å². The molecule has 0 aromatic rings. The van der Waals surface area contributed by atoms with Gasteiger partial charge in [0.25, 0.3) is 0 Å². The first kappa shape index (κ1) is 9.57. The van der Waals surface area contributed by atoms with E-state index in [1.807, 2.05) is 24.8 Å². The molecular formula is C9H14S. The molecule has 0 aliphatic carbocycles. The van der Waals surface area contributed by atoms with Crippen molar-refractivity contribution in [2.75, 3.05) is 5.75 Å². The SMILES string of the molecule is C=C/C=C\C(=C/C)SCC. The van der Waals surface area contributed by atoms with E-state index in [1.165, 1.54) is 4.91 Å². The Morgan fingerprint density at radius 3 is 2.70 bits per heavy atom. The molecule has 0 aromatic carbocycles. The molecule has 0 aliphatic rings. The summed E-state index contributed by atoms with van der Waals surface area (Å²) in [6.45, 7) is 7.80. The van der Waals surface area contributed by atoms with E-state index in [0.29, 0.717) is 0 Å². The molecule has 0 aromatic heterocycles. The molecule has 0 aliphatic heterocycles. The second-order valence-corrected chi connectivity index (χ2v) is 3.06. The summed E-state index contributed by atoms with van der Waals surface area (Å²) < 4.78 is 0. The van der Waals surface area contributed by atoms with Gasteiger partial charge in [0.05, 0.1) is 0 Å². The van der Waals surface area contributed by atoms with Crippen molar-refractivity contribution in [1.82, 2.24) is 0 Å². The molecule has 0 fully saturated rings. The van der Waals surface area contributed by atoms with Crippen LogP contribution >= 0.6 is 11.8 Å². The van der Waals surface area contributed by atoms with E-state index in [9.17, 15) is 0 Å². The molecule has 0 heterocycles. The topological polar surface area (TPSA) is 0 Å². The first-order valence-electron chi connectivity index (χ1n) is 3.43. The average Bonchev–Trinajstić information content (AvgIpc) is 1.98. The van der Waals surface area contributed by atoms with E-state index >= 15 is 0 Å². The molecule has 0 atom stereocenters. The van der Waals surface area contributed by atoms with Crippen LogP contribution in [0.5, 0.6) is 0 Å². The first-order chi connectivity index (χ1) is 4.85. The summed E-state index contributed by atoms with van der Waals surface area (Å²) in [5.74, 6) is 1.13. The van der Waals surface area contributed by atoms with E-state index < -0.39 is 0 Å². The predicted octanol–water partition coefficient (Wildman–Crippen LogP) is 3.39. The van der Waals surface area contributed by atoms with Gasteiger partial charge in [0, 0.05) is 4.91 Å². The lowest BCUT2D eigenvalue weighted by molar-refractivity contribution is 1.53. The van der Waals surface area contributed by atoms with E-state index in [4.69, 9.17) is 0 Å². The maximum Gasteiger partial charge on any atom is 0.00291 e. The molecule has 0 N–H and O–H groups in total. The first-order valence-corrected chi connectivity index (χ1v) is 4.42. The fourth-order valence-electron chi connectivity index (χ4n) is 0.557. The average molecular weight is 154 g/mol. The van der Waals surface area contributed by atoms with Gasteiger partial charge in [-0.25, -0.2) is 0 Å². The Balaban J connectivity index is 3.84. The highest BCUT2D eigenvalue weighted by Crippen LogP contribution is 2.15. The highest BCUT2D eigenvalue weighted by molar-refractivity contribution is 8.03. The maximum absolute atomic E-state index is 3.60. The van der Waals surface area contributed by atoms with Crippen molar-refractivity contribution in [3.63, 3.8) is 0 Å². The quantitative estimate of drug-likeness (QED) is 0.559. The Morgan fingerprint density at radius 1 is 1.60 bits per heavy atom. The zero-order valence-electron chi connectivity index (χ0n) is 6.63. The van der Waals surface area contributed by atoms with Gasteiger partial charge in [-0.05, 0) is 18.8 Å². The molecule has 0 radical (unpaired) electrons. The van der Waals surface area contributed by atoms with Gasteiger partial charge in [0.2, 0.25) is 0 Å². The summed E-state index contributed by atoms with van der Waals surface area (Å²) in [5, 5.41) is 0. The smallest absolute Gasteiger partial charge is 0.00291 e. The lowest BCUT2D eigenvalue weighted by atomic mass is 10.4. The molecular weight excluding hydrogens is 140 g/mol. The minimum atomic E-state index is 1.13. The van der Waals surface area contributed by atoms with Crippen molar-refractivity contribution < 1.29 is 0 Å². The maximum atomic E-state index is 3.60. The summed E-state index contributed by atoms with van der Waals surface area (Å²) in [5.41, 5.74) is 0. The van der Waals surface area contributed by atoms with Crippen LogP contribution in [0.15, 0.2) is 35.8 Å². The van der Waals surface area contributed by atoms with Crippen molar-refractivity contribution in [3.05, 3.63) is 35.8 Å². The van der Waals surface area contributed by atoms with E-state index in [0.717, 1.165) is 5.75 Å². The second kappa shape index (κ2) is 6.69. The Bertz CT molecular complexity index is 143. The third-order valence-electron chi connectivity index (χ3n) is 0.992. The molecule has 0 bridgehead atoms. The molecule has 0 amide bonds. The summed E-state index contributed by atoms with van der Waals surface area (Å²) in [4.78, 5) is 1.31. The summed E-state index contributed by atoms with van der Waals surface area (Å²) >= 11 is 1.84. The van der Waals surface area contributed by atoms with Crippen LogP contribution < -0.4 is 0 Å². The zero-order chi connectivity index (χ0) is 7.82. The summed E-state index contributed by atoms with van der Waals surface area (Å²) in [7, 11) is 0. The standard InChI is InChI=1S/C9H14S/c1-4-7-8-9(5-2)10-6-3/h4-5,7-8H,1,6H2,2-3H3/b8-7-,9-5+. The van der Waals surface area contributed by atoms with Crippen molar-refractivity contribution in [2.24, 2.45) is 0 Å². The van der Waals surface area contributed by atoms with Gasteiger partial charge in [0.1, 0.15) is 0 Å². The van der Waals surface area contributed by atoms with Crippen molar-refractivity contribution >= 4 is 11.8 Å². The van der Waals surface area contributed by atoms with Crippen LogP contribution in [0.25, 0.3) is 0 Å². The molecule has 0 unspecified atom stereocenters. The number of rotatable bonds is 4. The molecule has 0 spiro atoms. The summed E-state index contributed by atoms with van der Waals surface area (Å²) in [6.07, 6.45) is 7.92. The normalized spacial score (nSPS) is 12.4. The lowest BCUT2D eigenvalue weighted by Gasteiger charge is -1.94. The minimum absolute atomic E-state index is 1.13.